The first kappa shape index (κ1) is 16.5. The first-order chi connectivity index (χ1) is 11.7. The van der Waals surface area contributed by atoms with Crippen molar-refractivity contribution in [1.29, 1.82) is 0 Å². The van der Waals surface area contributed by atoms with Gasteiger partial charge in [0.15, 0.2) is 5.96 Å². The fourth-order valence-corrected chi connectivity index (χ4v) is 3.53. The molecule has 3 rings (SSSR count). The molecule has 1 fully saturated rings. The van der Waals surface area contributed by atoms with Gasteiger partial charge in [0, 0.05) is 26.1 Å². The van der Waals surface area contributed by atoms with Crippen molar-refractivity contribution in [2.24, 2.45) is 12.0 Å². The summed E-state index contributed by atoms with van der Waals surface area (Å²) in [4.78, 5) is 8.57. The lowest BCUT2D eigenvalue weighted by Gasteiger charge is -2.30. The van der Waals surface area contributed by atoms with Gasteiger partial charge in [0.1, 0.15) is 12.2 Å². The van der Waals surface area contributed by atoms with E-state index < -0.39 is 0 Å². The van der Waals surface area contributed by atoms with Gasteiger partial charge in [-0.1, -0.05) is 43.2 Å². The predicted octanol–water partition coefficient (Wildman–Crippen LogP) is 1.99. The first-order valence-corrected chi connectivity index (χ1v) is 8.56. The molecular weight excluding hydrogens is 300 g/mol. The van der Waals surface area contributed by atoms with Gasteiger partial charge >= 0.3 is 0 Å². The van der Waals surface area contributed by atoms with Gasteiger partial charge in [0.05, 0.1) is 6.54 Å². The van der Waals surface area contributed by atoms with E-state index in [0.717, 1.165) is 18.3 Å². The van der Waals surface area contributed by atoms with Crippen molar-refractivity contribution >= 4 is 5.96 Å². The highest BCUT2D eigenvalue weighted by atomic mass is 15.3. The van der Waals surface area contributed by atoms with E-state index in [-0.39, 0.29) is 5.41 Å². The highest BCUT2D eigenvalue weighted by molar-refractivity contribution is 5.79. The van der Waals surface area contributed by atoms with Crippen molar-refractivity contribution in [2.75, 3.05) is 13.6 Å². The third-order valence-electron chi connectivity index (χ3n) is 4.98. The van der Waals surface area contributed by atoms with E-state index in [9.17, 15) is 0 Å². The molecule has 24 heavy (non-hydrogen) atoms. The molecule has 0 atom stereocenters. The summed E-state index contributed by atoms with van der Waals surface area (Å²) in [6.45, 7) is 1.50. The van der Waals surface area contributed by atoms with Gasteiger partial charge in [0.25, 0.3) is 0 Å². The van der Waals surface area contributed by atoms with Crippen LogP contribution in [0.3, 0.4) is 0 Å². The molecule has 6 nitrogen and oxygen atoms in total. The lowest BCUT2D eigenvalue weighted by Crippen LogP contribution is -2.44. The molecule has 2 aromatic rings. The largest absolute Gasteiger partial charge is 0.356 e. The molecule has 0 spiro atoms. The van der Waals surface area contributed by atoms with Gasteiger partial charge < -0.3 is 10.6 Å². The van der Waals surface area contributed by atoms with Gasteiger partial charge in [0.2, 0.25) is 0 Å². The molecule has 6 heteroatoms. The number of rotatable bonds is 5. The Bertz CT molecular complexity index is 670. The zero-order chi connectivity index (χ0) is 16.8. The fraction of sp³-hybridized carbons (Fsp3) is 0.500. The summed E-state index contributed by atoms with van der Waals surface area (Å²) in [5, 5.41) is 10.9. The van der Waals surface area contributed by atoms with E-state index in [1.807, 2.05) is 7.05 Å². The van der Waals surface area contributed by atoms with Crippen LogP contribution in [0.25, 0.3) is 0 Å². The number of nitrogens with zero attached hydrogens (tertiary/aromatic N) is 4. The minimum atomic E-state index is 0.212. The maximum absolute atomic E-state index is 4.34. The van der Waals surface area contributed by atoms with Crippen LogP contribution in [0.2, 0.25) is 0 Å². The standard InChI is InChI=1S/C18H26N6/c1-19-17(20-12-16-22-14-23-24(16)2)21-13-18(10-6-7-11-18)15-8-4-3-5-9-15/h3-5,8-9,14H,6-7,10-13H2,1-2H3,(H2,19,20,21). The minimum Gasteiger partial charge on any atom is -0.356 e. The van der Waals surface area contributed by atoms with Crippen molar-refractivity contribution < 1.29 is 0 Å². The van der Waals surface area contributed by atoms with Crippen LogP contribution in [-0.4, -0.2) is 34.3 Å². The molecule has 1 aliphatic rings. The number of aromatic nitrogens is 3. The lowest BCUT2D eigenvalue weighted by molar-refractivity contribution is 0.431. The molecule has 0 saturated heterocycles. The van der Waals surface area contributed by atoms with Crippen LogP contribution >= 0.6 is 0 Å². The normalized spacial score (nSPS) is 17.0. The Morgan fingerprint density at radius 1 is 1.21 bits per heavy atom. The fourth-order valence-electron chi connectivity index (χ4n) is 3.53. The SMILES string of the molecule is CN=C(NCc1ncnn1C)NCC1(c2ccccc2)CCCC1. The van der Waals surface area contributed by atoms with E-state index >= 15 is 0 Å². The van der Waals surface area contributed by atoms with Crippen molar-refractivity contribution in [3.63, 3.8) is 0 Å². The second-order valence-corrected chi connectivity index (χ2v) is 6.43. The molecule has 1 aromatic heterocycles. The third kappa shape index (κ3) is 3.58. The van der Waals surface area contributed by atoms with Crippen molar-refractivity contribution in [3.8, 4) is 0 Å². The van der Waals surface area contributed by atoms with Crippen LogP contribution < -0.4 is 10.6 Å². The highest BCUT2D eigenvalue weighted by Crippen LogP contribution is 2.40. The number of aryl methyl sites for hydroxylation is 1. The summed E-state index contributed by atoms with van der Waals surface area (Å²) in [5.41, 5.74) is 1.64. The molecule has 0 aliphatic heterocycles. The second kappa shape index (κ2) is 7.47. The summed E-state index contributed by atoms with van der Waals surface area (Å²) < 4.78 is 1.77. The zero-order valence-corrected chi connectivity index (χ0v) is 14.5. The van der Waals surface area contributed by atoms with Crippen LogP contribution in [0.1, 0.15) is 37.1 Å². The Balaban J connectivity index is 1.62. The summed E-state index contributed by atoms with van der Waals surface area (Å²) in [6.07, 6.45) is 6.60. The molecular formula is C18H26N6. The molecule has 0 bridgehead atoms. The molecule has 1 heterocycles. The number of guanidine groups is 1. The maximum atomic E-state index is 4.34. The molecule has 0 amide bonds. The summed E-state index contributed by atoms with van der Waals surface area (Å²) >= 11 is 0. The highest BCUT2D eigenvalue weighted by Gasteiger charge is 2.35. The Labute approximate surface area is 143 Å². The van der Waals surface area contributed by atoms with Crippen LogP contribution in [0, 0.1) is 0 Å². The molecule has 1 saturated carbocycles. The maximum Gasteiger partial charge on any atom is 0.191 e. The van der Waals surface area contributed by atoms with Crippen LogP contribution in [0.4, 0.5) is 0 Å². The molecule has 0 unspecified atom stereocenters. The Morgan fingerprint density at radius 2 is 1.96 bits per heavy atom. The van der Waals surface area contributed by atoms with Crippen LogP contribution in [0.15, 0.2) is 41.7 Å². The summed E-state index contributed by atoms with van der Waals surface area (Å²) in [6, 6.07) is 10.9. The average molecular weight is 326 g/mol. The lowest BCUT2D eigenvalue weighted by atomic mass is 9.79. The van der Waals surface area contributed by atoms with Gasteiger partial charge in [-0.2, -0.15) is 5.10 Å². The second-order valence-electron chi connectivity index (χ2n) is 6.43. The Hall–Kier alpha value is -2.37. The van der Waals surface area contributed by atoms with Gasteiger partial charge in [-0.05, 0) is 18.4 Å². The number of benzene rings is 1. The first-order valence-electron chi connectivity index (χ1n) is 8.56. The molecule has 1 aromatic carbocycles. The van der Waals surface area contributed by atoms with Crippen molar-refractivity contribution in [2.45, 2.75) is 37.6 Å². The van der Waals surface area contributed by atoms with E-state index in [2.05, 4.69) is 56.0 Å². The van der Waals surface area contributed by atoms with E-state index in [4.69, 9.17) is 0 Å². The topological polar surface area (TPSA) is 67.1 Å². The number of aliphatic imine (C=N–C) groups is 1. The monoisotopic (exact) mass is 326 g/mol. The Morgan fingerprint density at radius 3 is 2.58 bits per heavy atom. The van der Waals surface area contributed by atoms with E-state index in [0.29, 0.717) is 6.54 Å². The predicted molar refractivity (Wildman–Crippen MR) is 95.8 cm³/mol. The smallest absolute Gasteiger partial charge is 0.191 e. The van der Waals surface area contributed by atoms with Crippen molar-refractivity contribution in [3.05, 3.63) is 48.0 Å². The van der Waals surface area contributed by atoms with E-state index in [1.54, 1.807) is 18.1 Å². The average Bonchev–Trinajstić information content (AvgIpc) is 3.26. The Kier molecular flexibility index (Phi) is 5.13. The quantitative estimate of drug-likeness (QED) is 0.651. The van der Waals surface area contributed by atoms with Crippen LogP contribution in [0.5, 0.6) is 0 Å². The molecule has 128 valence electrons. The van der Waals surface area contributed by atoms with Gasteiger partial charge in [-0.3, -0.25) is 9.67 Å². The zero-order valence-electron chi connectivity index (χ0n) is 14.5. The van der Waals surface area contributed by atoms with Crippen molar-refractivity contribution in [1.82, 2.24) is 25.4 Å². The van der Waals surface area contributed by atoms with Gasteiger partial charge in [-0.15, -0.1) is 0 Å². The number of hydrogen-bond acceptors (Lipinski definition) is 3. The van der Waals surface area contributed by atoms with Crippen LogP contribution in [-0.2, 0) is 19.0 Å². The number of nitrogens with one attached hydrogen (secondary N) is 2. The number of hydrogen-bond donors (Lipinski definition) is 2. The summed E-state index contributed by atoms with van der Waals surface area (Å²) in [5.74, 6) is 1.69. The molecule has 1 aliphatic carbocycles. The third-order valence-corrected chi connectivity index (χ3v) is 4.98. The minimum absolute atomic E-state index is 0.212. The summed E-state index contributed by atoms with van der Waals surface area (Å²) in [7, 11) is 3.69. The van der Waals surface area contributed by atoms with Gasteiger partial charge in [-0.25, -0.2) is 4.98 Å². The molecule has 0 radical (unpaired) electrons. The van der Waals surface area contributed by atoms with E-state index in [1.165, 1.54) is 31.2 Å². The molecule has 2 N–H and O–H groups in total.